The lowest BCUT2D eigenvalue weighted by atomic mass is 10.1. The number of thioether (sulfide) groups is 1. The molecular formula is C20H24F3N7O2S. The van der Waals surface area contributed by atoms with Gasteiger partial charge in [-0.2, -0.15) is 23.4 Å². The van der Waals surface area contributed by atoms with E-state index in [-0.39, 0.29) is 35.4 Å². The van der Waals surface area contributed by atoms with E-state index in [0.717, 1.165) is 23.9 Å². The summed E-state index contributed by atoms with van der Waals surface area (Å²) in [6, 6.07) is 4.10. The number of nitrogens with one attached hydrogen (secondary N) is 2. The summed E-state index contributed by atoms with van der Waals surface area (Å²) in [5, 5.41) is 14.9. The van der Waals surface area contributed by atoms with Crippen molar-refractivity contribution in [2.45, 2.75) is 24.2 Å². The van der Waals surface area contributed by atoms with Crippen molar-refractivity contribution in [1.29, 1.82) is 5.26 Å². The Bertz CT molecular complexity index is 1040. The molecule has 0 aliphatic carbocycles. The highest BCUT2D eigenvalue weighted by atomic mass is 32.2. The van der Waals surface area contributed by atoms with Gasteiger partial charge in [-0.1, -0.05) is 0 Å². The van der Waals surface area contributed by atoms with Crippen LogP contribution in [0.2, 0.25) is 0 Å². The third-order valence-electron chi connectivity index (χ3n) is 4.26. The van der Waals surface area contributed by atoms with Gasteiger partial charge in [0.05, 0.1) is 5.56 Å². The van der Waals surface area contributed by atoms with Crippen LogP contribution in [-0.4, -0.2) is 60.3 Å². The Morgan fingerprint density at radius 2 is 2.03 bits per heavy atom. The maximum absolute atomic E-state index is 13.3. The van der Waals surface area contributed by atoms with Crippen molar-refractivity contribution in [3.05, 3.63) is 29.3 Å². The van der Waals surface area contributed by atoms with Gasteiger partial charge in [0.25, 0.3) is 0 Å². The fourth-order valence-electron chi connectivity index (χ4n) is 2.61. The highest BCUT2D eigenvalue weighted by Gasteiger charge is 2.32. The zero-order chi connectivity index (χ0) is 24.8. The van der Waals surface area contributed by atoms with Crippen molar-refractivity contribution >= 4 is 35.1 Å². The average Bonchev–Trinajstić information content (AvgIpc) is 2.72. The van der Waals surface area contributed by atoms with Crippen LogP contribution in [-0.2, 0) is 11.0 Å². The molecule has 13 heteroatoms. The molecule has 0 saturated heterocycles. The van der Waals surface area contributed by atoms with Gasteiger partial charge in [-0.15, -0.1) is 11.8 Å². The number of nitrogens with zero attached hydrogens (tertiary/aromatic N) is 4. The zero-order valence-corrected chi connectivity index (χ0v) is 19.3. The number of hydrogen-bond acceptors (Lipinski definition) is 9. The summed E-state index contributed by atoms with van der Waals surface area (Å²) in [4.78, 5) is 22.3. The number of nitrogen functional groups attached to an aromatic ring is 1. The molecule has 0 bridgehead atoms. The fraction of sp³-hybridized carbons (Fsp3) is 0.400. The second-order valence-electron chi connectivity index (χ2n) is 7.18. The lowest BCUT2D eigenvalue weighted by Gasteiger charge is -2.19. The second-order valence-corrected chi connectivity index (χ2v) is 7.97. The second kappa shape index (κ2) is 11.1. The molecule has 0 aliphatic rings. The molecule has 0 unspecified atom stereocenters. The van der Waals surface area contributed by atoms with Crippen LogP contribution in [0.15, 0.2) is 23.2 Å². The molecule has 1 aromatic heterocycles. The molecule has 33 heavy (non-hydrogen) atoms. The number of rotatable bonds is 9. The molecule has 2 rings (SSSR count). The van der Waals surface area contributed by atoms with E-state index in [4.69, 9.17) is 10.5 Å². The van der Waals surface area contributed by atoms with Crippen LogP contribution < -0.4 is 21.1 Å². The van der Waals surface area contributed by atoms with E-state index in [0.29, 0.717) is 11.6 Å². The van der Waals surface area contributed by atoms with Crippen molar-refractivity contribution in [2.24, 2.45) is 0 Å². The molecule has 0 saturated carbocycles. The van der Waals surface area contributed by atoms with Gasteiger partial charge < -0.3 is 26.0 Å². The number of carbonyl (C=O) groups excluding carboxylic acids is 1. The number of hydrogen-bond donors (Lipinski definition) is 3. The van der Waals surface area contributed by atoms with E-state index < -0.39 is 23.7 Å². The van der Waals surface area contributed by atoms with E-state index >= 15 is 0 Å². The Hall–Kier alpha value is -3.24. The summed E-state index contributed by atoms with van der Waals surface area (Å²) < 4.78 is 45.5. The van der Waals surface area contributed by atoms with Crippen LogP contribution in [0.25, 0.3) is 0 Å². The van der Waals surface area contributed by atoms with Gasteiger partial charge >= 0.3 is 6.18 Å². The van der Waals surface area contributed by atoms with Crippen LogP contribution in [0.4, 0.5) is 30.6 Å². The van der Waals surface area contributed by atoms with Crippen molar-refractivity contribution in [3.8, 4) is 11.8 Å². The van der Waals surface area contributed by atoms with Crippen LogP contribution in [0.1, 0.15) is 18.1 Å². The maximum atomic E-state index is 13.3. The Kier molecular flexibility index (Phi) is 8.72. The lowest BCUT2D eigenvalue weighted by Crippen LogP contribution is -2.32. The number of amides is 1. The number of alkyl halides is 3. The Morgan fingerprint density at radius 1 is 1.33 bits per heavy atom. The summed E-state index contributed by atoms with van der Waals surface area (Å²) in [5.41, 5.74) is 4.79. The summed E-state index contributed by atoms with van der Waals surface area (Å²) in [6.07, 6.45) is -2.92. The molecule has 1 heterocycles. The SMILES string of the molecule is CSc1nc(N)nc(NC(=O)[C@H](C)Nc2cc(OCCN(C)C)cc(C(F)(F)F)c2)c1C#N. The van der Waals surface area contributed by atoms with Crippen molar-refractivity contribution in [1.82, 2.24) is 14.9 Å². The van der Waals surface area contributed by atoms with Gasteiger partial charge in [-0.05, 0) is 39.4 Å². The van der Waals surface area contributed by atoms with E-state index in [1.807, 2.05) is 25.1 Å². The fourth-order valence-corrected chi connectivity index (χ4v) is 3.14. The van der Waals surface area contributed by atoms with Gasteiger partial charge in [-0.25, -0.2) is 4.98 Å². The predicted octanol–water partition coefficient (Wildman–Crippen LogP) is 3.05. The molecule has 1 atom stereocenters. The van der Waals surface area contributed by atoms with E-state index in [1.165, 1.54) is 13.0 Å². The number of nitriles is 1. The zero-order valence-electron chi connectivity index (χ0n) is 18.4. The minimum absolute atomic E-state index is 0.0155. The Balaban J connectivity index is 2.23. The molecule has 1 amide bonds. The Morgan fingerprint density at radius 3 is 2.61 bits per heavy atom. The third kappa shape index (κ3) is 7.40. The number of benzene rings is 1. The highest BCUT2D eigenvalue weighted by molar-refractivity contribution is 7.98. The molecular weight excluding hydrogens is 459 g/mol. The van der Waals surface area contributed by atoms with Crippen molar-refractivity contribution in [2.75, 3.05) is 49.9 Å². The number of carbonyl (C=O) groups is 1. The van der Waals surface area contributed by atoms with Crippen molar-refractivity contribution in [3.63, 3.8) is 0 Å². The Labute approximate surface area is 193 Å². The first kappa shape index (κ1) is 26.0. The van der Waals surface area contributed by atoms with Gasteiger partial charge in [0.15, 0.2) is 5.82 Å². The van der Waals surface area contributed by atoms with Crippen LogP contribution in [0.3, 0.4) is 0 Å². The molecule has 0 radical (unpaired) electrons. The summed E-state index contributed by atoms with van der Waals surface area (Å²) in [5.74, 6) is -0.831. The quantitative estimate of drug-likeness (QED) is 0.364. The number of ether oxygens (including phenoxy) is 1. The molecule has 0 fully saturated rings. The topological polar surface area (TPSA) is 129 Å². The monoisotopic (exact) mass is 483 g/mol. The van der Waals surface area contributed by atoms with Gasteiger partial charge in [0.2, 0.25) is 11.9 Å². The molecule has 0 aliphatic heterocycles. The number of halogens is 3. The minimum atomic E-state index is -4.60. The number of nitrogens with two attached hydrogens (primary N) is 1. The van der Waals surface area contributed by atoms with Crippen molar-refractivity contribution < 1.29 is 22.7 Å². The van der Waals surface area contributed by atoms with Crippen LogP contribution >= 0.6 is 11.8 Å². The molecule has 2 aromatic rings. The van der Waals surface area contributed by atoms with E-state index in [2.05, 4.69) is 20.6 Å². The number of aromatic nitrogens is 2. The first-order valence-electron chi connectivity index (χ1n) is 9.63. The molecule has 9 nitrogen and oxygen atoms in total. The van der Waals surface area contributed by atoms with Gasteiger partial charge in [-0.3, -0.25) is 4.79 Å². The first-order chi connectivity index (χ1) is 15.4. The highest BCUT2D eigenvalue weighted by Crippen LogP contribution is 2.34. The van der Waals surface area contributed by atoms with E-state index in [9.17, 15) is 23.2 Å². The minimum Gasteiger partial charge on any atom is -0.492 e. The summed E-state index contributed by atoms with van der Waals surface area (Å²) in [6.45, 7) is 2.15. The normalized spacial score (nSPS) is 12.2. The lowest BCUT2D eigenvalue weighted by molar-refractivity contribution is -0.137. The average molecular weight is 484 g/mol. The molecule has 4 N–H and O–H groups in total. The molecule has 1 aromatic carbocycles. The van der Waals surface area contributed by atoms with Crippen LogP contribution in [0, 0.1) is 11.3 Å². The number of likely N-dealkylation sites (N-methyl/N-ethyl adjacent to an activating group) is 1. The largest absolute Gasteiger partial charge is 0.492 e. The smallest absolute Gasteiger partial charge is 0.416 e. The van der Waals surface area contributed by atoms with Gasteiger partial charge in [0.1, 0.15) is 35.1 Å². The summed E-state index contributed by atoms with van der Waals surface area (Å²) in [7, 11) is 3.63. The predicted molar refractivity (Wildman–Crippen MR) is 120 cm³/mol. The van der Waals surface area contributed by atoms with Gasteiger partial charge in [0, 0.05) is 18.3 Å². The summed E-state index contributed by atoms with van der Waals surface area (Å²) >= 11 is 1.16. The standard InChI is InChI=1S/C20H24F3N7O2S/c1-11(17(31)27-16-15(10-24)18(33-4)29-19(25)28-16)26-13-7-12(20(21,22)23)8-14(9-13)32-6-5-30(2)3/h7-9,11,26H,5-6H2,1-4H3,(H3,25,27,28,29,31)/t11-/m0/s1. The first-order valence-corrected chi connectivity index (χ1v) is 10.9. The van der Waals surface area contributed by atoms with E-state index in [1.54, 1.807) is 6.26 Å². The maximum Gasteiger partial charge on any atom is 0.416 e. The van der Waals surface area contributed by atoms with Crippen LogP contribution in [0.5, 0.6) is 5.75 Å². The molecule has 178 valence electrons. The molecule has 0 spiro atoms. The number of anilines is 3. The third-order valence-corrected chi connectivity index (χ3v) is 4.94.